The van der Waals surface area contributed by atoms with Crippen molar-refractivity contribution in [2.24, 2.45) is 5.41 Å². The van der Waals surface area contributed by atoms with E-state index in [0.717, 1.165) is 6.42 Å². The Hall–Kier alpha value is -0.0800. The standard InChI is InChI=1S/C15H31NO/c1-6-15(9-7-8-10-15)12-16-13(2)11-14(3,4)17-5/h13,16H,6-12H2,1-5H3. The van der Waals surface area contributed by atoms with Crippen molar-refractivity contribution in [3.8, 4) is 0 Å². The second kappa shape index (κ2) is 6.19. The number of nitrogens with one attached hydrogen (secondary N) is 1. The van der Waals surface area contributed by atoms with Gasteiger partial charge >= 0.3 is 0 Å². The van der Waals surface area contributed by atoms with Crippen LogP contribution < -0.4 is 5.32 Å². The van der Waals surface area contributed by atoms with E-state index < -0.39 is 0 Å². The van der Waals surface area contributed by atoms with E-state index in [2.05, 4.69) is 33.0 Å². The number of rotatable bonds is 7. The average molecular weight is 241 g/mol. The lowest BCUT2D eigenvalue weighted by molar-refractivity contribution is 0.00763. The molecule has 2 heteroatoms. The van der Waals surface area contributed by atoms with Gasteiger partial charge in [0.05, 0.1) is 5.60 Å². The summed E-state index contributed by atoms with van der Waals surface area (Å²) in [5.74, 6) is 0. The Morgan fingerprint density at radius 3 is 2.35 bits per heavy atom. The summed E-state index contributed by atoms with van der Waals surface area (Å²) in [6.45, 7) is 10.1. The summed E-state index contributed by atoms with van der Waals surface area (Å²) in [6, 6.07) is 0.536. The van der Waals surface area contributed by atoms with Crippen molar-refractivity contribution in [2.45, 2.75) is 77.9 Å². The van der Waals surface area contributed by atoms with Crippen molar-refractivity contribution >= 4 is 0 Å². The molecular weight excluding hydrogens is 210 g/mol. The average Bonchev–Trinajstić information content (AvgIpc) is 2.75. The third-order valence-corrected chi connectivity index (χ3v) is 4.59. The monoisotopic (exact) mass is 241 g/mol. The van der Waals surface area contributed by atoms with Crippen molar-refractivity contribution in [2.75, 3.05) is 13.7 Å². The van der Waals surface area contributed by atoms with Crippen LogP contribution in [0.3, 0.4) is 0 Å². The Morgan fingerprint density at radius 1 is 1.29 bits per heavy atom. The molecule has 0 amide bonds. The van der Waals surface area contributed by atoms with Gasteiger partial charge in [0.1, 0.15) is 0 Å². The fraction of sp³-hybridized carbons (Fsp3) is 1.00. The largest absolute Gasteiger partial charge is 0.379 e. The quantitative estimate of drug-likeness (QED) is 0.733. The molecule has 0 saturated heterocycles. The van der Waals surface area contributed by atoms with Gasteiger partial charge in [-0.1, -0.05) is 19.8 Å². The van der Waals surface area contributed by atoms with Crippen molar-refractivity contribution in [1.29, 1.82) is 0 Å². The Morgan fingerprint density at radius 2 is 1.88 bits per heavy atom. The van der Waals surface area contributed by atoms with Crippen molar-refractivity contribution in [3.05, 3.63) is 0 Å². The zero-order valence-electron chi connectivity index (χ0n) is 12.4. The van der Waals surface area contributed by atoms with E-state index in [-0.39, 0.29) is 5.60 Å². The third kappa shape index (κ3) is 4.59. The van der Waals surface area contributed by atoms with E-state index in [1.807, 2.05) is 0 Å². The van der Waals surface area contributed by atoms with Crippen LogP contribution in [0.15, 0.2) is 0 Å². The maximum absolute atomic E-state index is 5.49. The fourth-order valence-electron chi connectivity index (χ4n) is 3.06. The molecule has 17 heavy (non-hydrogen) atoms. The van der Waals surface area contributed by atoms with Crippen LogP contribution in [0.5, 0.6) is 0 Å². The minimum absolute atomic E-state index is 0.0124. The minimum atomic E-state index is -0.0124. The Kier molecular flexibility index (Phi) is 5.46. The second-order valence-electron chi connectivity index (χ2n) is 6.51. The highest BCUT2D eigenvalue weighted by molar-refractivity contribution is 4.87. The van der Waals surface area contributed by atoms with Gasteiger partial charge in [0.25, 0.3) is 0 Å². The summed E-state index contributed by atoms with van der Waals surface area (Å²) in [6.07, 6.45) is 8.07. The van der Waals surface area contributed by atoms with E-state index in [0.29, 0.717) is 11.5 Å². The van der Waals surface area contributed by atoms with Gasteiger partial charge in [0, 0.05) is 19.7 Å². The minimum Gasteiger partial charge on any atom is -0.379 e. The third-order valence-electron chi connectivity index (χ3n) is 4.59. The van der Waals surface area contributed by atoms with Gasteiger partial charge in [0.2, 0.25) is 0 Å². The van der Waals surface area contributed by atoms with Crippen LogP contribution in [0.25, 0.3) is 0 Å². The molecule has 1 N–H and O–H groups in total. The Balaban J connectivity index is 2.34. The normalized spacial score (nSPS) is 21.7. The van der Waals surface area contributed by atoms with Gasteiger partial charge in [-0.25, -0.2) is 0 Å². The van der Waals surface area contributed by atoms with Gasteiger partial charge in [-0.15, -0.1) is 0 Å². The second-order valence-corrected chi connectivity index (χ2v) is 6.51. The van der Waals surface area contributed by atoms with E-state index in [9.17, 15) is 0 Å². The molecule has 0 aromatic rings. The fourth-order valence-corrected chi connectivity index (χ4v) is 3.06. The lowest BCUT2D eigenvalue weighted by atomic mass is 9.83. The molecule has 1 saturated carbocycles. The summed E-state index contributed by atoms with van der Waals surface area (Å²) >= 11 is 0. The molecule has 0 aliphatic heterocycles. The molecule has 1 atom stereocenters. The molecule has 0 bridgehead atoms. The first-order valence-corrected chi connectivity index (χ1v) is 7.22. The lowest BCUT2D eigenvalue weighted by Gasteiger charge is -2.32. The summed E-state index contributed by atoms with van der Waals surface area (Å²) in [5.41, 5.74) is 0.576. The summed E-state index contributed by atoms with van der Waals surface area (Å²) < 4.78 is 5.49. The zero-order chi connectivity index (χ0) is 12.9. The van der Waals surface area contributed by atoms with Crippen LogP contribution in [0.4, 0.5) is 0 Å². The SMILES string of the molecule is CCC1(CNC(C)CC(C)(C)OC)CCCC1. The van der Waals surface area contributed by atoms with Gasteiger partial charge in [0.15, 0.2) is 0 Å². The molecule has 0 aromatic heterocycles. The predicted molar refractivity (Wildman–Crippen MR) is 74.4 cm³/mol. The van der Waals surface area contributed by atoms with Crippen LogP contribution in [0.2, 0.25) is 0 Å². The van der Waals surface area contributed by atoms with Gasteiger partial charge < -0.3 is 10.1 Å². The molecule has 2 nitrogen and oxygen atoms in total. The first kappa shape index (κ1) is 15.0. The Bertz CT molecular complexity index is 219. The molecular formula is C15H31NO. The van der Waals surface area contributed by atoms with Crippen molar-refractivity contribution in [3.63, 3.8) is 0 Å². The van der Waals surface area contributed by atoms with E-state index in [1.165, 1.54) is 38.6 Å². The van der Waals surface area contributed by atoms with E-state index in [1.54, 1.807) is 7.11 Å². The van der Waals surface area contributed by atoms with Crippen molar-refractivity contribution in [1.82, 2.24) is 5.32 Å². The number of hydrogen-bond donors (Lipinski definition) is 1. The highest BCUT2D eigenvalue weighted by Crippen LogP contribution is 2.40. The lowest BCUT2D eigenvalue weighted by Crippen LogP contribution is -2.41. The maximum atomic E-state index is 5.49. The smallest absolute Gasteiger partial charge is 0.0637 e. The molecule has 1 unspecified atom stereocenters. The summed E-state index contributed by atoms with van der Waals surface area (Å²) in [7, 11) is 1.80. The highest BCUT2D eigenvalue weighted by atomic mass is 16.5. The zero-order valence-corrected chi connectivity index (χ0v) is 12.4. The topological polar surface area (TPSA) is 21.3 Å². The first-order chi connectivity index (χ1) is 7.93. The van der Waals surface area contributed by atoms with Gasteiger partial charge in [-0.05, 0) is 51.9 Å². The molecule has 1 aliphatic carbocycles. The number of ether oxygens (including phenoxy) is 1. The van der Waals surface area contributed by atoms with Gasteiger partial charge in [-0.3, -0.25) is 0 Å². The van der Waals surface area contributed by atoms with E-state index >= 15 is 0 Å². The molecule has 1 aliphatic rings. The molecule has 0 aromatic carbocycles. The van der Waals surface area contributed by atoms with Gasteiger partial charge in [-0.2, -0.15) is 0 Å². The highest BCUT2D eigenvalue weighted by Gasteiger charge is 2.32. The van der Waals surface area contributed by atoms with Crippen LogP contribution in [0, 0.1) is 5.41 Å². The Labute approximate surface area is 108 Å². The number of hydrogen-bond acceptors (Lipinski definition) is 2. The predicted octanol–water partition coefficient (Wildman–Crippen LogP) is 3.75. The first-order valence-electron chi connectivity index (χ1n) is 7.22. The summed E-state index contributed by atoms with van der Waals surface area (Å²) in [4.78, 5) is 0. The van der Waals surface area contributed by atoms with Crippen LogP contribution >= 0.6 is 0 Å². The molecule has 0 radical (unpaired) electrons. The molecule has 1 rings (SSSR count). The van der Waals surface area contributed by atoms with Crippen LogP contribution in [0.1, 0.15) is 66.2 Å². The summed E-state index contributed by atoms with van der Waals surface area (Å²) in [5, 5.41) is 3.73. The van der Waals surface area contributed by atoms with Crippen LogP contribution in [-0.4, -0.2) is 25.3 Å². The molecule has 0 heterocycles. The molecule has 102 valence electrons. The van der Waals surface area contributed by atoms with Crippen molar-refractivity contribution < 1.29 is 4.74 Å². The molecule has 1 fully saturated rings. The van der Waals surface area contributed by atoms with E-state index in [4.69, 9.17) is 4.74 Å². The number of methoxy groups -OCH3 is 1. The van der Waals surface area contributed by atoms with Crippen LogP contribution in [-0.2, 0) is 4.74 Å². The molecule has 0 spiro atoms. The maximum Gasteiger partial charge on any atom is 0.0637 e.